The number of aliphatic hydroxyl groups is 2. The number of hydrogen-bond acceptors (Lipinski definition) is 9. The molecule has 10 nitrogen and oxygen atoms in total. The van der Waals surface area contributed by atoms with Crippen molar-refractivity contribution in [2.75, 3.05) is 0 Å². The summed E-state index contributed by atoms with van der Waals surface area (Å²) in [5, 5.41) is 33.4. The summed E-state index contributed by atoms with van der Waals surface area (Å²) in [4.78, 5) is 76.7. The summed E-state index contributed by atoms with van der Waals surface area (Å²) >= 11 is 0. The van der Waals surface area contributed by atoms with Gasteiger partial charge in [-0.3, -0.25) is 28.8 Å². The van der Waals surface area contributed by atoms with Gasteiger partial charge in [-0.15, -0.1) is 0 Å². The van der Waals surface area contributed by atoms with Crippen LogP contribution in [0.4, 0.5) is 0 Å². The Morgan fingerprint density at radius 2 is 1.63 bits per heavy atom. The summed E-state index contributed by atoms with van der Waals surface area (Å²) in [6.07, 6.45) is -2.30. The number of carbonyl (C=O) groups excluding carboxylic acids is 6. The molecule has 2 aromatic rings. The number of Topliss-reactive ketones (excluding diaryl/α,β-unsaturated/α-hetero) is 5. The molecule has 2 fully saturated rings. The van der Waals surface area contributed by atoms with E-state index >= 15 is 0 Å². The van der Waals surface area contributed by atoms with Crippen molar-refractivity contribution in [2.45, 2.75) is 37.9 Å². The molecule has 3 aliphatic rings. The number of nitrogens with two attached hydrogens (primary N) is 1. The van der Waals surface area contributed by atoms with Gasteiger partial charge in [0.05, 0.1) is 17.6 Å². The lowest BCUT2D eigenvalue weighted by Crippen LogP contribution is -2.72. The van der Waals surface area contributed by atoms with E-state index in [9.17, 15) is 44.1 Å². The van der Waals surface area contributed by atoms with Crippen LogP contribution in [0.15, 0.2) is 36.4 Å². The molecular formula is C28H25NO9. The van der Waals surface area contributed by atoms with Crippen LogP contribution in [-0.4, -0.2) is 61.8 Å². The first-order chi connectivity index (χ1) is 17.8. The average molecular weight is 520 g/mol. The average Bonchev–Trinajstić information content (AvgIpc) is 2.86. The number of aromatic hydroxyl groups is 1. The van der Waals surface area contributed by atoms with Crippen LogP contribution in [-0.2, 0) is 19.2 Å². The van der Waals surface area contributed by atoms with Gasteiger partial charge in [-0.2, -0.15) is 0 Å². The topological polar surface area (TPSA) is 189 Å². The summed E-state index contributed by atoms with van der Waals surface area (Å²) < 4.78 is 0. The normalized spacial score (nSPS) is 32.3. The van der Waals surface area contributed by atoms with Gasteiger partial charge in [0.25, 0.3) is 0 Å². The van der Waals surface area contributed by atoms with Crippen LogP contribution in [0.25, 0.3) is 11.1 Å². The van der Waals surface area contributed by atoms with Crippen LogP contribution < -0.4 is 5.73 Å². The van der Waals surface area contributed by atoms with Gasteiger partial charge in [-0.25, -0.2) is 0 Å². The number of hydrogen-bond donors (Lipinski definition) is 4. The summed E-state index contributed by atoms with van der Waals surface area (Å²) in [6.45, 7) is 3.07. The Kier molecular flexibility index (Phi) is 5.73. The van der Waals surface area contributed by atoms with Crippen molar-refractivity contribution < 1.29 is 44.1 Å². The standard InChI is InChI=1S/C28H25NO9/c1-10-18-14(13-5-3-12(4-6-13)11(2)30)7-8-16(31)20(18)24(34)22-19(10)23(33)15-9-17(32)21(27(29)37)25(35)28(15,38)26(22)36/h3-8,10,15,19,21-23,31,33,38H,9H2,1-2H3,(H2,29,37)/t10-,15+,19+,21?,22?,23+,28+/m0/s1. The lowest BCUT2D eigenvalue weighted by atomic mass is 9.50. The van der Waals surface area contributed by atoms with E-state index < -0.39 is 82.5 Å². The first kappa shape index (κ1) is 25.6. The molecule has 1 amide bonds. The number of fused-ring (bicyclic) bond motifs is 3. The molecule has 5 rings (SSSR count). The molecule has 3 aliphatic carbocycles. The molecule has 7 atom stereocenters. The minimum atomic E-state index is -2.96. The Morgan fingerprint density at radius 1 is 1.00 bits per heavy atom. The predicted octanol–water partition coefficient (Wildman–Crippen LogP) is 0.728. The maximum Gasteiger partial charge on any atom is 0.235 e. The molecule has 5 N–H and O–H groups in total. The second-order valence-electron chi connectivity index (χ2n) is 10.4. The first-order valence-corrected chi connectivity index (χ1v) is 12.1. The Balaban J connectivity index is 1.68. The lowest BCUT2D eigenvalue weighted by molar-refractivity contribution is -0.189. The van der Waals surface area contributed by atoms with Crippen molar-refractivity contribution in [3.63, 3.8) is 0 Å². The smallest absolute Gasteiger partial charge is 0.235 e. The van der Waals surface area contributed by atoms with E-state index in [4.69, 9.17) is 5.73 Å². The van der Waals surface area contributed by atoms with Crippen LogP contribution in [0.2, 0.25) is 0 Å². The number of rotatable bonds is 3. The van der Waals surface area contributed by atoms with Crippen molar-refractivity contribution in [3.05, 3.63) is 53.1 Å². The molecule has 0 aromatic heterocycles. The van der Waals surface area contributed by atoms with Crippen LogP contribution in [0.3, 0.4) is 0 Å². The van der Waals surface area contributed by atoms with Gasteiger partial charge in [0, 0.05) is 23.8 Å². The van der Waals surface area contributed by atoms with Crippen LogP contribution in [0, 0.1) is 23.7 Å². The number of ketones is 5. The quantitative estimate of drug-likeness (QED) is 0.334. The van der Waals surface area contributed by atoms with Gasteiger partial charge >= 0.3 is 0 Å². The Labute approximate surface area is 216 Å². The molecular weight excluding hydrogens is 494 g/mol. The van der Waals surface area contributed by atoms with Gasteiger partial charge in [0.15, 0.2) is 40.4 Å². The van der Waals surface area contributed by atoms with E-state index in [0.29, 0.717) is 22.3 Å². The second-order valence-corrected chi connectivity index (χ2v) is 10.4. The summed E-state index contributed by atoms with van der Waals surface area (Å²) in [6, 6.07) is 9.45. The number of carbonyl (C=O) groups is 6. The molecule has 196 valence electrons. The van der Waals surface area contributed by atoms with E-state index in [1.54, 1.807) is 37.3 Å². The van der Waals surface area contributed by atoms with Crippen molar-refractivity contribution in [1.29, 1.82) is 0 Å². The van der Waals surface area contributed by atoms with Crippen LogP contribution in [0.1, 0.15) is 52.5 Å². The van der Waals surface area contributed by atoms with E-state index in [2.05, 4.69) is 0 Å². The molecule has 0 aliphatic heterocycles. The van der Waals surface area contributed by atoms with Gasteiger partial charge in [0.2, 0.25) is 5.91 Å². The largest absolute Gasteiger partial charge is 0.507 e. The number of aliphatic hydroxyl groups excluding tert-OH is 1. The third-order valence-corrected chi connectivity index (χ3v) is 8.44. The second kappa shape index (κ2) is 8.50. The third kappa shape index (κ3) is 3.26. The molecule has 0 bridgehead atoms. The molecule has 0 saturated heterocycles. The first-order valence-electron chi connectivity index (χ1n) is 12.1. The van der Waals surface area contributed by atoms with Crippen molar-refractivity contribution in [1.82, 2.24) is 0 Å². The van der Waals surface area contributed by atoms with Crippen LogP contribution >= 0.6 is 0 Å². The molecule has 0 radical (unpaired) electrons. The van der Waals surface area contributed by atoms with Crippen molar-refractivity contribution >= 4 is 34.8 Å². The minimum absolute atomic E-state index is 0.137. The van der Waals surface area contributed by atoms with Gasteiger partial charge in [0.1, 0.15) is 5.75 Å². The zero-order chi connectivity index (χ0) is 27.8. The zero-order valence-corrected chi connectivity index (χ0v) is 20.5. The van der Waals surface area contributed by atoms with E-state index in [1.807, 2.05) is 0 Å². The number of amides is 1. The number of primary amides is 1. The SMILES string of the molecule is CC(=O)c1ccc(-c2ccc(O)c3c2[C@H](C)[C@@H]2C(C3=O)C(=O)[C@]3(O)C(=O)C(C(N)=O)C(=O)C[C@@H]3[C@H]2O)cc1. The fraction of sp³-hybridized carbons (Fsp3) is 0.357. The Hall–Kier alpha value is -4.02. The highest BCUT2D eigenvalue weighted by molar-refractivity contribution is 6.31. The van der Waals surface area contributed by atoms with Gasteiger partial charge < -0.3 is 21.1 Å². The van der Waals surface area contributed by atoms with E-state index in [-0.39, 0.29) is 11.3 Å². The maximum atomic E-state index is 13.8. The lowest BCUT2D eigenvalue weighted by Gasteiger charge is -2.53. The molecule has 38 heavy (non-hydrogen) atoms. The number of phenolic OH excluding ortho intramolecular Hbond substituents is 1. The molecule has 10 heteroatoms. The highest BCUT2D eigenvalue weighted by Gasteiger charge is 2.70. The van der Waals surface area contributed by atoms with E-state index in [0.717, 1.165) is 0 Å². The molecule has 2 aromatic carbocycles. The number of benzene rings is 2. The minimum Gasteiger partial charge on any atom is -0.507 e. The zero-order valence-electron chi connectivity index (χ0n) is 20.5. The molecule has 2 unspecified atom stereocenters. The Morgan fingerprint density at radius 3 is 2.21 bits per heavy atom. The third-order valence-electron chi connectivity index (χ3n) is 8.44. The van der Waals surface area contributed by atoms with Gasteiger partial charge in [-0.05, 0) is 35.6 Å². The summed E-state index contributed by atoms with van der Waals surface area (Å²) in [7, 11) is 0. The predicted molar refractivity (Wildman–Crippen MR) is 130 cm³/mol. The monoisotopic (exact) mass is 519 g/mol. The van der Waals surface area contributed by atoms with Gasteiger partial charge in [-0.1, -0.05) is 37.3 Å². The summed E-state index contributed by atoms with van der Waals surface area (Å²) in [5.41, 5.74) is 4.01. The molecule has 0 heterocycles. The Bertz CT molecular complexity index is 1460. The molecule has 0 spiro atoms. The highest BCUT2D eigenvalue weighted by atomic mass is 16.3. The fourth-order valence-electron chi connectivity index (χ4n) is 6.57. The van der Waals surface area contributed by atoms with Crippen LogP contribution in [0.5, 0.6) is 5.75 Å². The fourth-order valence-corrected chi connectivity index (χ4v) is 6.57. The summed E-state index contributed by atoms with van der Waals surface area (Å²) in [5.74, 6) is -13.6. The number of phenols is 1. The maximum absolute atomic E-state index is 13.8. The highest BCUT2D eigenvalue weighted by Crippen LogP contribution is 2.55. The van der Waals surface area contributed by atoms with E-state index in [1.165, 1.54) is 13.0 Å². The van der Waals surface area contributed by atoms with Crippen molar-refractivity contribution in [3.8, 4) is 16.9 Å². The van der Waals surface area contributed by atoms with Crippen molar-refractivity contribution in [2.24, 2.45) is 29.4 Å². The molecule has 2 saturated carbocycles.